The number of nitrogens with one attached hydrogen (secondary N) is 1. The van der Waals surface area contributed by atoms with Gasteiger partial charge in [0.2, 0.25) is 10.0 Å². The normalized spacial score (nSPS) is 17.5. The molecule has 2 aromatic carbocycles. The van der Waals surface area contributed by atoms with Crippen LogP contribution in [0.2, 0.25) is 0 Å². The number of nitrogens with zero attached hydrogens (tertiary/aromatic N) is 2. The summed E-state index contributed by atoms with van der Waals surface area (Å²) in [5.41, 5.74) is 2.96. The topological polar surface area (TPSA) is 88.2 Å². The maximum atomic E-state index is 13.4. The molecule has 34 heavy (non-hydrogen) atoms. The Bertz CT molecular complexity index is 1080. The van der Waals surface area contributed by atoms with Crippen LogP contribution in [0.15, 0.2) is 47.4 Å². The minimum atomic E-state index is -3.72. The van der Waals surface area contributed by atoms with Crippen molar-refractivity contribution in [2.24, 2.45) is 0 Å². The van der Waals surface area contributed by atoms with E-state index in [4.69, 9.17) is 9.47 Å². The molecule has 2 aliphatic rings. The molecule has 1 N–H and O–H groups in total. The molecule has 2 saturated heterocycles. The standard InChI is InChI=1S/C25H33N3O5S/c1-2-3-4-20-5-7-21(8-6-20)26-25(29)23-19-22(34(30,31)28-13-17-33-18-14-28)9-10-24(23)27-11-15-32-16-12-27/h5-10,19H,2-4,11-18H2,1H3,(H,26,29). The van der Waals surface area contributed by atoms with Crippen molar-refractivity contribution in [3.8, 4) is 0 Å². The number of unbranched alkanes of at least 4 members (excludes halogenated alkanes) is 1. The number of anilines is 2. The van der Waals surface area contributed by atoms with Crippen LogP contribution in [0.1, 0.15) is 35.7 Å². The fraction of sp³-hybridized carbons (Fsp3) is 0.480. The van der Waals surface area contributed by atoms with Crippen molar-refractivity contribution in [2.75, 3.05) is 62.8 Å². The maximum Gasteiger partial charge on any atom is 0.257 e. The van der Waals surface area contributed by atoms with E-state index in [2.05, 4.69) is 17.1 Å². The average Bonchev–Trinajstić information content (AvgIpc) is 2.89. The van der Waals surface area contributed by atoms with Crippen LogP contribution in [0.5, 0.6) is 0 Å². The summed E-state index contributed by atoms with van der Waals surface area (Å²) in [4.78, 5) is 15.6. The highest BCUT2D eigenvalue weighted by atomic mass is 32.2. The van der Waals surface area contributed by atoms with E-state index in [1.807, 2.05) is 24.3 Å². The Labute approximate surface area is 201 Å². The first kappa shape index (κ1) is 24.7. The molecule has 0 bridgehead atoms. The van der Waals surface area contributed by atoms with Gasteiger partial charge >= 0.3 is 0 Å². The Kier molecular flexibility index (Phi) is 8.20. The second-order valence-electron chi connectivity index (χ2n) is 8.55. The van der Waals surface area contributed by atoms with Crippen molar-refractivity contribution in [1.82, 2.24) is 4.31 Å². The van der Waals surface area contributed by atoms with Gasteiger partial charge in [0, 0.05) is 37.6 Å². The molecule has 0 radical (unpaired) electrons. The Morgan fingerprint density at radius 2 is 1.59 bits per heavy atom. The predicted octanol–water partition coefficient (Wildman–Crippen LogP) is 3.14. The summed E-state index contributed by atoms with van der Waals surface area (Å²) >= 11 is 0. The smallest absolute Gasteiger partial charge is 0.257 e. The van der Waals surface area contributed by atoms with E-state index in [1.54, 1.807) is 12.1 Å². The summed E-state index contributed by atoms with van der Waals surface area (Å²) in [6.07, 6.45) is 3.26. The van der Waals surface area contributed by atoms with E-state index in [9.17, 15) is 13.2 Å². The van der Waals surface area contributed by atoms with Gasteiger partial charge in [-0.3, -0.25) is 4.79 Å². The maximum absolute atomic E-state index is 13.4. The number of carbonyl (C=O) groups excluding carboxylic acids is 1. The molecular weight excluding hydrogens is 454 g/mol. The number of sulfonamides is 1. The van der Waals surface area contributed by atoms with Gasteiger partial charge in [-0.05, 0) is 48.7 Å². The quantitative estimate of drug-likeness (QED) is 0.616. The van der Waals surface area contributed by atoms with Crippen LogP contribution in [-0.2, 0) is 25.9 Å². The lowest BCUT2D eigenvalue weighted by Gasteiger charge is -2.31. The molecule has 2 fully saturated rings. The molecule has 4 rings (SSSR count). The van der Waals surface area contributed by atoms with Gasteiger partial charge in [0.25, 0.3) is 5.91 Å². The van der Waals surface area contributed by atoms with Gasteiger partial charge in [0.15, 0.2) is 0 Å². The molecule has 0 aliphatic carbocycles. The van der Waals surface area contributed by atoms with E-state index >= 15 is 0 Å². The molecule has 9 heteroatoms. The van der Waals surface area contributed by atoms with Gasteiger partial charge in [-0.25, -0.2) is 8.42 Å². The highest BCUT2D eigenvalue weighted by Crippen LogP contribution is 2.28. The molecule has 0 unspecified atom stereocenters. The number of carbonyl (C=O) groups is 1. The highest BCUT2D eigenvalue weighted by molar-refractivity contribution is 7.89. The summed E-state index contributed by atoms with van der Waals surface area (Å²) in [5.74, 6) is -0.332. The number of aryl methyl sites for hydroxylation is 1. The third kappa shape index (κ3) is 5.78. The van der Waals surface area contributed by atoms with Crippen molar-refractivity contribution in [3.05, 3.63) is 53.6 Å². The molecule has 2 aliphatic heterocycles. The zero-order chi connectivity index (χ0) is 24.0. The third-order valence-corrected chi connectivity index (χ3v) is 8.10. The van der Waals surface area contributed by atoms with Crippen molar-refractivity contribution in [1.29, 1.82) is 0 Å². The molecule has 2 heterocycles. The number of ether oxygens (including phenoxy) is 2. The summed E-state index contributed by atoms with van der Waals surface area (Å²) in [6.45, 7) is 5.92. The van der Waals surface area contributed by atoms with Crippen molar-refractivity contribution in [2.45, 2.75) is 31.1 Å². The Hall–Kier alpha value is -2.46. The van der Waals surface area contributed by atoms with Gasteiger partial charge in [-0.2, -0.15) is 4.31 Å². The number of hydrogen-bond acceptors (Lipinski definition) is 6. The first-order valence-electron chi connectivity index (χ1n) is 11.9. The van der Waals surface area contributed by atoms with Gasteiger partial charge in [-0.1, -0.05) is 25.5 Å². The largest absolute Gasteiger partial charge is 0.379 e. The molecule has 184 valence electrons. The Morgan fingerprint density at radius 3 is 2.24 bits per heavy atom. The van der Waals surface area contributed by atoms with Crippen molar-refractivity contribution < 1.29 is 22.7 Å². The van der Waals surface area contributed by atoms with Crippen LogP contribution in [0, 0.1) is 0 Å². The number of hydrogen-bond donors (Lipinski definition) is 1. The van der Waals surface area contributed by atoms with Crippen LogP contribution in [0.4, 0.5) is 11.4 Å². The predicted molar refractivity (Wildman–Crippen MR) is 132 cm³/mol. The molecule has 1 amide bonds. The monoisotopic (exact) mass is 487 g/mol. The molecule has 0 spiro atoms. The molecule has 0 aromatic heterocycles. The summed E-state index contributed by atoms with van der Waals surface area (Å²) < 4.78 is 38.6. The average molecular weight is 488 g/mol. The fourth-order valence-corrected chi connectivity index (χ4v) is 5.64. The van der Waals surface area contributed by atoms with Crippen molar-refractivity contribution >= 4 is 27.3 Å². The minimum absolute atomic E-state index is 0.117. The SMILES string of the molecule is CCCCc1ccc(NC(=O)c2cc(S(=O)(=O)N3CCOCC3)ccc2N2CCOCC2)cc1. The van der Waals surface area contributed by atoms with Crippen LogP contribution >= 0.6 is 0 Å². The minimum Gasteiger partial charge on any atom is -0.379 e. The number of benzene rings is 2. The summed E-state index contributed by atoms with van der Waals surface area (Å²) in [5, 5.41) is 2.95. The molecule has 2 aromatic rings. The summed E-state index contributed by atoms with van der Waals surface area (Å²) in [7, 11) is -3.72. The van der Waals surface area contributed by atoms with E-state index in [0.717, 1.165) is 19.3 Å². The molecule has 0 saturated carbocycles. The Balaban J connectivity index is 1.62. The highest BCUT2D eigenvalue weighted by Gasteiger charge is 2.29. The van der Waals surface area contributed by atoms with Crippen LogP contribution < -0.4 is 10.2 Å². The second kappa shape index (κ2) is 11.3. The molecule has 8 nitrogen and oxygen atoms in total. The molecular formula is C25H33N3O5S. The van der Waals surface area contributed by atoms with Crippen LogP contribution in [-0.4, -0.2) is 71.2 Å². The van der Waals surface area contributed by atoms with Gasteiger partial charge in [0.05, 0.1) is 36.9 Å². The zero-order valence-corrected chi connectivity index (χ0v) is 20.5. The lowest BCUT2D eigenvalue weighted by atomic mass is 10.1. The second-order valence-corrected chi connectivity index (χ2v) is 10.5. The van der Waals surface area contributed by atoms with Crippen LogP contribution in [0.25, 0.3) is 0 Å². The first-order chi connectivity index (χ1) is 16.5. The van der Waals surface area contributed by atoms with Crippen molar-refractivity contribution in [3.63, 3.8) is 0 Å². The Morgan fingerprint density at radius 1 is 0.941 bits per heavy atom. The molecule has 0 atom stereocenters. The number of morpholine rings is 2. The first-order valence-corrected chi connectivity index (χ1v) is 13.4. The van der Waals surface area contributed by atoms with Gasteiger partial charge < -0.3 is 19.7 Å². The van der Waals surface area contributed by atoms with Gasteiger partial charge in [-0.15, -0.1) is 0 Å². The summed E-state index contributed by atoms with van der Waals surface area (Å²) in [6, 6.07) is 12.7. The third-order valence-electron chi connectivity index (χ3n) is 6.20. The van der Waals surface area contributed by atoms with E-state index in [1.165, 1.54) is 15.9 Å². The van der Waals surface area contributed by atoms with Crippen LogP contribution in [0.3, 0.4) is 0 Å². The van der Waals surface area contributed by atoms with E-state index < -0.39 is 10.0 Å². The van der Waals surface area contributed by atoms with E-state index in [0.29, 0.717) is 69.5 Å². The zero-order valence-electron chi connectivity index (χ0n) is 19.7. The number of amides is 1. The number of rotatable bonds is 8. The lowest BCUT2D eigenvalue weighted by molar-refractivity contribution is 0.0730. The van der Waals surface area contributed by atoms with E-state index in [-0.39, 0.29) is 10.8 Å². The fourth-order valence-electron chi connectivity index (χ4n) is 4.21. The lowest BCUT2D eigenvalue weighted by Crippen LogP contribution is -2.41. The van der Waals surface area contributed by atoms with Gasteiger partial charge in [0.1, 0.15) is 0 Å².